The second kappa shape index (κ2) is 8.11. The third-order valence-electron chi connectivity index (χ3n) is 4.26. The number of carbonyl (C=O) groups excluding carboxylic acids is 1. The molecule has 0 atom stereocenters. The van der Waals surface area contributed by atoms with Crippen molar-refractivity contribution in [3.63, 3.8) is 0 Å². The molecule has 1 aliphatic rings. The number of ether oxygens (including phenoxy) is 2. The van der Waals surface area contributed by atoms with Crippen LogP contribution >= 0.6 is 0 Å². The fourth-order valence-corrected chi connectivity index (χ4v) is 2.80. The maximum atomic E-state index is 14.4. The van der Waals surface area contributed by atoms with Crippen LogP contribution in [0.4, 0.5) is 22.4 Å². The van der Waals surface area contributed by atoms with Gasteiger partial charge in [-0.15, -0.1) is 13.2 Å². The van der Waals surface area contributed by atoms with Gasteiger partial charge >= 0.3 is 12.5 Å². The fraction of sp³-hybridized carbons (Fsp3) is 0.588. The Hall–Kier alpha value is -2.03. The maximum absolute atomic E-state index is 14.4. The van der Waals surface area contributed by atoms with Gasteiger partial charge in [-0.1, -0.05) is 25.5 Å². The largest absolute Gasteiger partial charge is 0.573 e. The number of hydrogen-bond acceptors (Lipinski definition) is 4. The van der Waals surface area contributed by atoms with Crippen molar-refractivity contribution >= 4 is 6.09 Å². The molecule has 0 unspecified atom stereocenters. The molecular formula is C17H21F4NO4. The zero-order chi connectivity index (χ0) is 19.4. The van der Waals surface area contributed by atoms with Crippen LogP contribution in [0.2, 0.25) is 0 Å². The summed E-state index contributed by atoms with van der Waals surface area (Å²) in [7, 11) is 0. The van der Waals surface area contributed by atoms with E-state index in [0.29, 0.717) is 6.61 Å². The van der Waals surface area contributed by atoms with Crippen LogP contribution in [-0.4, -0.2) is 42.2 Å². The second-order valence-corrected chi connectivity index (χ2v) is 6.15. The molecule has 2 rings (SSSR count). The summed E-state index contributed by atoms with van der Waals surface area (Å²) < 4.78 is 60.2. The first kappa shape index (κ1) is 20.3. The third-order valence-corrected chi connectivity index (χ3v) is 4.26. The highest BCUT2D eigenvalue weighted by atomic mass is 19.4. The third kappa shape index (κ3) is 5.00. The van der Waals surface area contributed by atoms with E-state index in [4.69, 9.17) is 4.74 Å². The van der Waals surface area contributed by atoms with Gasteiger partial charge in [-0.25, -0.2) is 9.18 Å². The lowest BCUT2D eigenvalue weighted by Crippen LogP contribution is -2.45. The van der Waals surface area contributed by atoms with Gasteiger partial charge in [0.05, 0.1) is 12.2 Å². The SMILES string of the molecule is CCCCOC(=O)N1CCC(O)(c2cccc(OC(F)(F)F)c2F)CC1. The average Bonchev–Trinajstić information content (AvgIpc) is 2.56. The number of halogens is 4. The van der Waals surface area contributed by atoms with Crippen LogP contribution in [0.3, 0.4) is 0 Å². The highest BCUT2D eigenvalue weighted by molar-refractivity contribution is 5.67. The van der Waals surface area contributed by atoms with Crippen LogP contribution in [0, 0.1) is 5.82 Å². The number of likely N-dealkylation sites (tertiary alicyclic amines) is 1. The summed E-state index contributed by atoms with van der Waals surface area (Å²) in [6, 6.07) is 3.24. The smallest absolute Gasteiger partial charge is 0.449 e. The van der Waals surface area contributed by atoms with Gasteiger partial charge in [0.15, 0.2) is 11.6 Å². The fourth-order valence-electron chi connectivity index (χ4n) is 2.80. The molecule has 1 aliphatic heterocycles. The highest BCUT2D eigenvalue weighted by Crippen LogP contribution is 2.38. The first-order valence-corrected chi connectivity index (χ1v) is 8.35. The number of rotatable bonds is 5. The number of aliphatic hydroxyl groups is 1. The lowest BCUT2D eigenvalue weighted by Gasteiger charge is -2.38. The van der Waals surface area contributed by atoms with E-state index < -0.39 is 29.6 Å². The predicted molar refractivity (Wildman–Crippen MR) is 84.0 cm³/mol. The Bertz CT molecular complexity index is 628. The number of benzene rings is 1. The molecule has 1 saturated heterocycles. The Balaban J connectivity index is 2.06. The van der Waals surface area contributed by atoms with Gasteiger partial charge in [0.2, 0.25) is 0 Å². The number of hydrogen-bond donors (Lipinski definition) is 1. The summed E-state index contributed by atoms with van der Waals surface area (Å²) in [4.78, 5) is 13.3. The molecule has 0 spiro atoms. The minimum absolute atomic E-state index is 0.0255. The standard InChI is InChI=1S/C17H21F4NO4/c1-2-3-11-25-15(23)22-9-7-16(24,8-10-22)12-5-4-6-13(14(12)18)26-17(19,20)21/h4-6,24H,2-3,7-11H2,1H3. The molecule has 0 aromatic heterocycles. The van der Waals surface area contributed by atoms with Crippen LogP contribution in [0.5, 0.6) is 5.75 Å². The maximum Gasteiger partial charge on any atom is 0.573 e. The molecule has 26 heavy (non-hydrogen) atoms. The van der Waals surface area contributed by atoms with Crippen LogP contribution in [-0.2, 0) is 10.3 Å². The Morgan fingerprint density at radius 3 is 2.54 bits per heavy atom. The molecule has 0 bridgehead atoms. The lowest BCUT2D eigenvalue weighted by molar-refractivity contribution is -0.275. The Morgan fingerprint density at radius 1 is 1.31 bits per heavy atom. The molecule has 1 aromatic carbocycles. The summed E-state index contributed by atoms with van der Waals surface area (Å²) in [5, 5.41) is 10.7. The van der Waals surface area contributed by atoms with Gasteiger partial charge < -0.3 is 19.5 Å². The van der Waals surface area contributed by atoms with Gasteiger partial charge in [0, 0.05) is 18.7 Å². The van der Waals surface area contributed by atoms with Gasteiger partial charge in [0.25, 0.3) is 0 Å². The van der Waals surface area contributed by atoms with Gasteiger partial charge in [-0.3, -0.25) is 0 Å². The summed E-state index contributed by atoms with van der Waals surface area (Å²) in [5.74, 6) is -2.25. The molecule has 0 aliphatic carbocycles. The van der Waals surface area contributed by atoms with E-state index in [2.05, 4.69) is 4.74 Å². The first-order chi connectivity index (χ1) is 12.2. The number of alkyl halides is 3. The molecule has 1 amide bonds. The van der Waals surface area contributed by atoms with Crippen LogP contribution < -0.4 is 4.74 Å². The van der Waals surface area contributed by atoms with Crippen molar-refractivity contribution in [3.05, 3.63) is 29.6 Å². The average molecular weight is 379 g/mol. The molecule has 1 heterocycles. The second-order valence-electron chi connectivity index (χ2n) is 6.15. The predicted octanol–water partition coefficient (Wildman–Crippen LogP) is 3.94. The minimum Gasteiger partial charge on any atom is -0.449 e. The monoisotopic (exact) mass is 379 g/mol. The van der Waals surface area contributed by atoms with E-state index in [1.807, 2.05) is 6.92 Å². The molecule has 5 nitrogen and oxygen atoms in total. The quantitative estimate of drug-likeness (QED) is 0.622. The highest BCUT2D eigenvalue weighted by Gasteiger charge is 2.40. The summed E-state index contributed by atoms with van der Waals surface area (Å²) in [6.07, 6.45) is -3.99. The van der Waals surface area contributed by atoms with Crippen molar-refractivity contribution in [3.8, 4) is 5.75 Å². The van der Waals surface area contributed by atoms with Crippen molar-refractivity contribution in [2.24, 2.45) is 0 Å². The molecule has 1 aromatic rings. The van der Waals surface area contributed by atoms with Gasteiger partial charge in [-0.05, 0) is 25.3 Å². The number of unbranched alkanes of at least 4 members (excludes halogenated alkanes) is 1. The Labute approximate surface area is 148 Å². The number of amides is 1. The van der Waals surface area contributed by atoms with Crippen LogP contribution in [0.1, 0.15) is 38.2 Å². The zero-order valence-corrected chi connectivity index (χ0v) is 14.3. The molecule has 0 saturated carbocycles. The van der Waals surface area contributed by atoms with E-state index in [9.17, 15) is 27.5 Å². The molecule has 9 heteroatoms. The minimum atomic E-state index is -5.03. The normalized spacial score (nSPS) is 17.1. The van der Waals surface area contributed by atoms with Crippen molar-refractivity contribution < 1.29 is 36.9 Å². The van der Waals surface area contributed by atoms with E-state index in [1.165, 1.54) is 17.0 Å². The van der Waals surface area contributed by atoms with E-state index in [-0.39, 0.29) is 31.5 Å². The van der Waals surface area contributed by atoms with Crippen molar-refractivity contribution in [2.45, 2.75) is 44.6 Å². The number of nitrogens with zero attached hydrogens (tertiary/aromatic N) is 1. The van der Waals surface area contributed by atoms with Gasteiger partial charge in [0.1, 0.15) is 0 Å². The molecular weight excluding hydrogens is 358 g/mol. The van der Waals surface area contributed by atoms with Crippen LogP contribution in [0.15, 0.2) is 18.2 Å². The summed E-state index contributed by atoms with van der Waals surface area (Å²) >= 11 is 0. The number of carbonyl (C=O) groups is 1. The Kier molecular flexibility index (Phi) is 6.33. The summed E-state index contributed by atoms with van der Waals surface area (Å²) in [6.45, 7) is 2.46. The Morgan fingerprint density at radius 2 is 1.96 bits per heavy atom. The topological polar surface area (TPSA) is 59.0 Å². The summed E-state index contributed by atoms with van der Waals surface area (Å²) in [5.41, 5.74) is -1.96. The van der Waals surface area contributed by atoms with Crippen molar-refractivity contribution in [1.29, 1.82) is 0 Å². The van der Waals surface area contributed by atoms with Crippen LogP contribution in [0.25, 0.3) is 0 Å². The zero-order valence-electron chi connectivity index (χ0n) is 14.3. The molecule has 146 valence electrons. The van der Waals surface area contributed by atoms with Crippen molar-refractivity contribution in [1.82, 2.24) is 4.90 Å². The van der Waals surface area contributed by atoms with E-state index >= 15 is 0 Å². The molecule has 1 fully saturated rings. The lowest BCUT2D eigenvalue weighted by atomic mass is 9.84. The molecule has 1 N–H and O–H groups in total. The van der Waals surface area contributed by atoms with Crippen molar-refractivity contribution in [2.75, 3.05) is 19.7 Å². The molecule has 0 radical (unpaired) electrons. The number of piperidine rings is 1. The first-order valence-electron chi connectivity index (χ1n) is 8.35. The van der Waals surface area contributed by atoms with E-state index in [0.717, 1.165) is 18.9 Å². The van der Waals surface area contributed by atoms with Gasteiger partial charge in [-0.2, -0.15) is 0 Å². The van der Waals surface area contributed by atoms with E-state index in [1.54, 1.807) is 0 Å².